The highest BCUT2D eigenvalue weighted by Gasteiger charge is 2.23. The molecule has 0 spiro atoms. The van der Waals surface area contributed by atoms with Gasteiger partial charge in [0.25, 0.3) is 0 Å². The van der Waals surface area contributed by atoms with Crippen LogP contribution in [0.4, 0.5) is 0 Å². The second kappa shape index (κ2) is 4.70. The van der Waals surface area contributed by atoms with Crippen LogP contribution in [0.5, 0.6) is 0 Å². The van der Waals surface area contributed by atoms with Crippen molar-refractivity contribution in [1.82, 2.24) is 19.6 Å². The summed E-state index contributed by atoms with van der Waals surface area (Å²) < 4.78 is 2.00. The maximum absolute atomic E-state index is 12.1. The molecule has 2 aromatic heterocycles. The largest absolute Gasteiger partial charge is 0.335 e. The number of nitrogens with zero attached hydrogens (tertiary/aromatic N) is 3. The Labute approximate surface area is 109 Å². The lowest BCUT2D eigenvalue weighted by molar-refractivity contribution is -0.132. The Kier molecular flexibility index (Phi) is 3.05. The van der Waals surface area contributed by atoms with Crippen molar-refractivity contribution in [2.75, 3.05) is 13.1 Å². The van der Waals surface area contributed by atoms with Crippen LogP contribution >= 0.6 is 11.3 Å². The molecular weight excluding hydrogens is 248 g/mol. The summed E-state index contributed by atoms with van der Waals surface area (Å²) in [6, 6.07) is -0.0868. The Bertz CT molecular complexity index is 533. The number of hydrogen-bond donors (Lipinski definition) is 1. The third-order valence-electron chi connectivity index (χ3n) is 3.23. The molecule has 0 aliphatic carbocycles. The number of nitrogens with one attached hydrogen (secondary N) is 1. The Morgan fingerprint density at radius 3 is 3.33 bits per heavy atom. The quantitative estimate of drug-likeness (QED) is 0.884. The van der Waals surface area contributed by atoms with E-state index in [1.165, 1.54) is 0 Å². The van der Waals surface area contributed by atoms with Crippen molar-refractivity contribution < 1.29 is 4.79 Å². The average Bonchev–Trinajstić information content (AvgIpc) is 2.88. The van der Waals surface area contributed by atoms with Gasteiger partial charge in [-0.15, -0.1) is 11.3 Å². The van der Waals surface area contributed by atoms with E-state index in [2.05, 4.69) is 10.3 Å². The van der Waals surface area contributed by atoms with E-state index < -0.39 is 0 Å². The molecule has 96 valence electrons. The number of amides is 1. The number of imidazole rings is 1. The molecule has 3 heterocycles. The molecule has 3 rings (SSSR count). The van der Waals surface area contributed by atoms with Crippen molar-refractivity contribution in [2.45, 2.75) is 25.9 Å². The van der Waals surface area contributed by atoms with Gasteiger partial charge in [-0.1, -0.05) is 0 Å². The minimum absolute atomic E-state index is 0.0868. The smallest absolute Gasteiger partial charge is 0.239 e. The Balaban J connectivity index is 1.78. The lowest BCUT2D eigenvalue weighted by Gasteiger charge is -2.21. The first kappa shape index (κ1) is 11.7. The molecule has 0 aromatic carbocycles. The summed E-state index contributed by atoms with van der Waals surface area (Å²) >= 11 is 1.61. The maximum Gasteiger partial charge on any atom is 0.239 e. The standard InChI is InChI=1S/C12H16N4OS/c1-9-11(17)15(4-2-3-13-9)7-10-8-16-5-6-18-12(16)14-10/h5-6,8-9,13H,2-4,7H2,1H3. The van der Waals surface area contributed by atoms with Gasteiger partial charge in [0.15, 0.2) is 4.96 Å². The van der Waals surface area contributed by atoms with Gasteiger partial charge in [-0.3, -0.25) is 9.20 Å². The van der Waals surface area contributed by atoms with Crippen molar-refractivity contribution in [2.24, 2.45) is 0 Å². The van der Waals surface area contributed by atoms with Crippen LogP contribution in [0.15, 0.2) is 17.8 Å². The second-order valence-electron chi connectivity index (χ2n) is 4.61. The van der Waals surface area contributed by atoms with Crippen molar-refractivity contribution in [3.05, 3.63) is 23.5 Å². The number of carbonyl (C=O) groups is 1. The van der Waals surface area contributed by atoms with E-state index in [-0.39, 0.29) is 11.9 Å². The molecular formula is C12H16N4OS. The summed E-state index contributed by atoms with van der Waals surface area (Å²) in [5, 5.41) is 5.23. The summed E-state index contributed by atoms with van der Waals surface area (Å²) in [6.45, 7) is 4.24. The maximum atomic E-state index is 12.1. The SMILES string of the molecule is CC1NCCCN(Cc2cn3ccsc3n2)C1=O. The van der Waals surface area contributed by atoms with Gasteiger partial charge in [0.2, 0.25) is 5.91 Å². The van der Waals surface area contributed by atoms with Crippen molar-refractivity contribution in [3.8, 4) is 0 Å². The second-order valence-corrected chi connectivity index (χ2v) is 5.49. The monoisotopic (exact) mass is 264 g/mol. The molecule has 18 heavy (non-hydrogen) atoms. The Hall–Kier alpha value is -1.40. The molecule has 1 atom stereocenters. The minimum atomic E-state index is -0.0868. The first-order valence-corrected chi connectivity index (χ1v) is 7.05. The molecule has 6 heteroatoms. The zero-order valence-electron chi connectivity index (χ0n) is 10.3. The van der Waals surface area contributed by atoms with E-state index in [1.807, 2.05) is 34.0 Å². The van der Waals surface area contributed by atoms with Gasteiger partial charge in [0, 0.05) is 24.3 Å². The van der Waals surface area contributed by atoms with Crippen molar-refractivity contribution in [3.63, 3.8) is 0 Å². The van der Waals surface area contributed by atoms with Crippen molar-refractivity contribution >= 4 is 22.2 Å². The summed E-state index contributed by atoms with van der Waals surface area (Å²) in [5.41, 5.74) is 0.962. The molecule has 0 bridgehead atoms. The molecule has 1 unspecified atom stereocenters. The molecule has 1 aliphatic rings. The van der Waals surface area contributed by atoms with Crippen LogP contribution in [0.1, 0.15) is 19.0 Å². The van der Waals surface area contributed by atoms with Crippen LogP contribution in [0.2, 0.25) is 0 Å². The number of aromatic nitrogens is 2. The van der Waals surface area contributed by atoms with E-state index in [1.54, 1.807) is 11.3 Å². The third-order valence-corrected chi connectivity index (χ3v) is 4.00. The van der Waals surface area contributed by atoms with Crippen LogP contribution in [-0.4, -0.2) is 39.3 Å². The Morgan fingerprint density at radius 2 is 2.50 bits per heavy atom. The fourth-order valence-electron chi connectivity index (χ4n) is 2.26. The van der Waals surface area contributed by atoms with Crippen LogP contribution < -0.4 is 5.32 Å². The third kappa shape index (κ3) is 2.13. The van der Waals surface area contributed by atoms with E-state index in [9.17, 15) is 4.79 Å². The van der Waals surface area contributed by atoms with Gasteiger partial charge >= 0.3 is 0 Å². The molecule has 1 saturated heterocycles. The van der Waals surface area contributed by atoms with Crippen LogP contribution in [0.3, 0.4) is 0 Å². The summed E-state index contributed by atoms with van der Waals surface area (Å²) in [6.07, 6.45) is 4.99. The van der Waals surface area contributed by atoms with Gasteiger partial charge in [0.1, 0.15) is 0 Å². The fourth-order valence-corrected chi connectivity index (χ4v) is 2.98. The predicted octanol–water partition coefficient (Wildman–Crippen LogP) is 1.11. The molecule has 1 amide bonds. The fraction of sp³-hybridized carbons (Fsp3) is 0.500. The summed E-state index contributed by atoms with van der Waals surface area (Å²) in [7, 11) is 0. The van der Waals surface area contributed by atoms with Crippen LogP contribution in [-0.2, 0) is 11.3 Å². The van der Waals surface area contributed by atoms with Crippen LogP contribution in [0.25, 0.3) is 4.96 Å². The topological polar surface area (TPSA) is 49.6 Å². The average molecular weight is 264 g/mol. The van der Waals surface area contributed by atoms with E-state index in [4.69, 9.17) is 0 Å². The summed E-state index contributed by atoms with van der Waals surface area (Å²) in [4.78, 5) is 19.5. The van der Waals surface area contributed by atoms with Gasteiger partial charge in [-0.25, -0.2) is 4.98 Å². The first-order valence-electron chi connectivity index (χ1n) is 6.17. The van der Waals surface area contributed by atoms with Crippen LogP contribution in [0, 0.1) is 0 Å². The predicted molar refractivity (Wildman–Crippen MR) is 70.6 cm³/mol. The van der Waals surface area contributed by atoms with Gasteiger partial charge in [-0.05, 0) is 19.9 Å². The van der Waals surface area contributed by atoms with E-state index >= 15 is 0 Å². The number of fused-ring (bicyclic) bond motifs is 1. The molecule has 1 aliphatic heterocycles. The zero-order valence-corrected chi connectivity index (χ0v) is 11.1. The lowest BCUT2D eigenvalue weighted by atomic mass is 10.3. The normalized spacial score (nSPS) is 21.5. The number of rotatable bonds is 2. The molecule has 1 N–H and O–H groups in total. The lowest BCUT2D eigenvalue weighted by Crippen LogP contribution is -2.41. The molecule has 0 saturated carbocycles. The van der Waals surface area contributed by atoms with Gasteiger partial charge < -0.3 is 10.2 Å². The first-order chi connectivity index (χ1) is 8.74. The highest BCUT2D eigenvalue weighted by molar-refractivity contribution is 7.15. The van der Waals surface area contributed by atoms with Crippen molar-refractivity contribution in [1.29, 1.82) is 0 Å². The van der Waals surface area contributed by atoms with Gasteiger partial charge in [-0.2, -0.15) is 0 Å². The summed E-state index contributed by atoms with van der Waals surface area (Å²) in [5.74, 6) is 0.170. The highest BCUT2D eigenvalue weighted by Crippen LogP contribution is 2.14. The molecule has 0 radical (unpaired) electrons. The van der Waals surface area contributed by atoms with Gasteiger partial charge in [0.05, 0.1) is 18.3 Å². The number of carbonyl (C=O) groups excluding carboxylic acids is 1. The Morgan fingerprint density at radius 1 is 1.61 bits per heavy atom. The molecule has 1 fully saturated rings. The highest BCUT2D eigenvalue weighted by atomic mass is 32.1. The van der Waals surface area contributed by atoms with E-state index in [0.29, 0.717) is 6.54 Å². The zero-order chi connectivity index (χ0) is 12.5. The molecule has 5 nitrogen and oxygen atoms in total. The number of thiazole rings is 1. The van der Waals surface area contributed by atoms with E-state index in [0.717, 1.165) is 30.2 Å². The minimum Gasteiger partial charge on any atom is -0.335 e. The number of hydrogen-bond acceptors (Lipinski definition) is 4. The molecule has 2 aromatic rings.